The van der Waals surface area contributed by atoms with Crippen molar-refractivity contribution in [2.45, 2.75) is 70.1 Å². The molecular formula is C16H29N5. The maximum Gasteiger partial charge on any atom is 0.110 e. The fourth-order valence-corrected chi connectivity index (χ4v) is 4.31. The van der Waals surface area contributed by atoms with Gasteiger partial charge >= 0.3 is 0 Å². The summed E-state index contributed by atoms with van der Waals surface area (Å²) in [7, 11) is 2.29. The number of rotatable bonds is 6. The third-order valence-corrected chi connectivity index (χ3v) is 5.59. The Bertz CT molecular complexity index is 443. The molecule has 0 spiro atoms. The van der Waals surface area contributed by atoms with Gasteiger partial charge in [-0.05, 0) is 45.1 Å². The van der Waals surface area contributed by atoms with Gasteiger partial charge in [0.25, 0.3) is 0 Å². The number of nitrogens with one attached hydrogen (secondary N) is 1. The van der Waals surface area contributed by atoms with E-state index in [9.17, 15) is 0 Å². The minimum absolute atomic E-state index is 0.347. The van der Waals surface area contributed by atoms with E-state index in [1.165, 1.54) is 31.5 Å². The molecule has 1 aromatic rings. The number of piperidine rings is 1. The van der Waals surface area contributed by atoms with Crippen LogP contribution in [-0.4, -0.2) is 39.6 Å². The molecule has 5 nitrogen and oxygen atoms in total. The molecule has 3 heterocycles. The van der Waals surface area contributed by atoms with E-state index in [1.54, 1.807) is 0 Å². The largest absolute Gasteiger partial charge is 0.335 e. The zero-order valence-corrected chi connectivity index (χ0v) is 13.3. The molecule has 5 heteroatoms. The number of nitrogens with zero attached hydrogens (tertiary/aromatic N) is 3. The second-order valence-electron chi connectivity index (χ2n) is 6.80. The van der Waals surface area contributed by atoms with E-state index in [1.807, 2.05) is 6.20 Å². The highest BCUT2D eigenvalue weighted by Crippen LogP contribution is 2.39. The van der Waals surface area contributed by atoms with E-state index >= 15 is 0 Å². The van der Waals surface area contributed by atoms with Crippen molar-refractivity contribution in [2.24, 2.45) is 11.8 Å². The standard InChI is InChI=1S/C16H29N5/c1-3-7-21-8-6-18-16(21)11-15(19-17)12-9-13-4-5-14(10-12)20(13)2/h6,8,12-15,19H,3-5,7,9-11,17H2,1-2H3. The van der Waals surface area contributed by atoms with Gasteiger partial charge in [0.2, 0.25) is 0 Å². The summed E-state index contributed by atoms with van der Waals surface area (Å²) in [5.41, 5.74) is 3.09. The molecule has 2 saturated heterocycles. The average molecular weight is 291 g/mol. The van der Waals surface area contributed by atoms with Crippen LogP contribution < -0.4 is 11.3 Å². The van der Waals surface area contributed by atoms with Crippen LogP contribution in [0.4, 0.5) is 0 Å². The van der Waals surface area contributed by atoms with Crippen molar-refractivity contribution in [3.8, 4) is 0 Å². The Labute approximate surface area is 127 Å². The van der Waals surface area contributed by atoms with E-state index in [0.29, 0.717) is 12.0 Å². The van der Waals surface area contributed by atoms with Crippen LogP contribution in [0.2, 0.25) is 0 Å². The van der Waals surface area contributed by atoms with Crippen molar-refractivity contribution in [3.05, 3.63) is 18.2 Å². The molecule has 2 aliphatic rings. The lowest BCUT2D eigenvalue weighted by molar-refractivity contribution is 0.111. The molecule has 2 fully saturated rings. The molecule has 1 aromatic heterocycles. The number of nitrogens with two attached hydrogens (primary N) is 1. The number of aromatic nitrogens is 2. The Morgan fingerprint density at radius 2 is 2.10 bits per heavy atom. The SMILES string of the molecule is CCCn1ccnc1CC(NN)C1CC2CCC(C1)N2C. The zero-order valence-electron chi connectivity index (χ0n) is 13.3. The minimum Gasteiger partial charge on any atom is -0.335 e. The third kappa shape index (κ3) is 3.00. The van der Waals surface area contributed by atoms with Gasteiger partial charge in [-0.2, -0.15) is 0 Å². The average Bonchev–Trinajstić information content (AvgIpc) is 2.97. The molecular weight excluding hydrogens is 262 g/mol. The molecule has 0 radical (unpaired) electrons. The molecule has 3 atom stereocenters. The number of aryl methyl sites for hydroxylation is 1. The first kappa shape index (κ1) is 15.0. The van der Waals surface area contributed by atoms with Gasteiger partial charge in [0.1, 0.15) is 5.82 Å². The van der Waals surface area contributed by atoms with Crippen LogP contribution in [0.3, 0.4) is 0 Å². The highest BCUT2D eigenvalue weighted by atomic mass is 15.2. The van der Waals surface area contributed by atoms with E-state index in [4.69, 9.17) is 5.84 Å². The molecule has 3 N–H and O–H groups in total. The van der Waals surface area contributed by atoms with Gasteiger partial charge in [0, 0.05) is 43.5 Å². The minimum atomic E-state index is 0.347. The van der Waals surface area contributed by atoms with E-state index in [-0.39, 0.29) is 0 Å². The second kappa shape index (κ2) is 6.46. The Balaban J connectivity index is 1.67. The monoisotopic (exact) mass is 291 g/mol. The number of imidazole rings is 1. The fraction of sp³-hybridized carbons (Fsp3) is 0.812. The number of fused-ring (bicyclic) bond motifs is 2. The lowest BCUT2D eigenvalue weighted by Gasteiger charge is -2.39. The van der Waals surface area contributed by atoms with E-state index in [0.717, 1.165) is 31.5 Å². The zero-order chi connectivity index (χ0) is 14.8. The van der Waals surface area contributed by atoms with Gasteiger partial charge in [0.15, 0.2) is 0 Å². The maximum atomic E-state index is 5.89. The topological polar surface area (TPSA) is 59.1 Å². The Kier molecular flexibility index (Phi) is 4.62. The van der Waals surface area contributed by atoms with Crippen molar-refractivity contribution in [2.75, 3.05) is 7.05 Å². The molecule has 118 valence electrons. The smallest absolute Gasteiger partial charge is 0.110 e. The molecule has 21 heavy (non-hydrogen) atoms. The summed E-state index contributed by atoms with van der Waals surface area (Å²) in [6.07, 6.45) is 11.4. The van der Waals surface area contributed by atoms with Crippen LogP contribution in [-0.2, 0) is 13.0 Å². The van der Waals surface area contributed by atoms with Crippen LogP contribution in [0.5, 0.6) is 0 Å². The molecule has 3 rings (SSSR count). The normalized spacial score (nSPS) is 30.7. The van der Waals surface area contributed by atoms with Crippen molar-refractivity contribution in [1.29, 1.82) is 0 Å². The van der Waals surface area contributed by atoms with Gasteiger partial charge < -0.3 is 9.47 Å². The summed E-state index contributed by atoms with van der Waals surface area (Å²) in [6.45, 7) is 3.25. The van der Waals surface area contributed by atoms with E-state index < -0.39 is 0 Å². The van der Waals surface area contributed by atoms with Gasteiger partial charge in [-0.3, -0.25) is 11.3 Å². The molecule has 2 aliphatic heterocycles. The molecule has 0 aliphatic carbocycles. The highest BCUT2D eigenvalue weighted by molar-refractivity contribution is 5.01. The van der Waals surface area contributed by atoms with Gasteiger partial charge in [0.05, 0.1) is 0 Å². The lowest BCUT2D eigenvalue weighted by Crippen LogP contribution is -2.50. The van der Waals surface area contributed by atoms with Crippen LogP contribution >= 0.6 is 0 Å². The van der Waals surface area contributed by atoms with Crippen LogP contribution in [0.15, 0.2) is 12.4 Å². The van der Waals surface area contributed by atoms with Crippen molar-refractivity contribution < 1.29 is 0 Å². The Morgan fingerprint density at radius 3 is 2.71 bits per heavy atom. The lowest BCUT2D eigenvalue weighted by atomic mass is 9.84. The summed E-state index contributed by atoms with van der Waals surface area (Å²) >= 11 is 0. The first-order chi connectivity index (χ1) is 10.2. The van der Waals surface area contributed by atoms with Crippen molar-refractivity contribution in [1.82, 2.24) is 19.9 Å². The van der Waals surface area contributed by atoms with Gasteiger partial charge in [-0.1, -0.05) is 6.92 Å². The van der Waals surface area contributed by atoms with Crippen LogP contribution in [0, 0.1) is 5.92 Å². The first-order valence-corrected chi connectivity index (χ1v) is 8.41. The Hall–Kier alpha value is -0.910. The molecule has 3 unspecified atom stereocenters. The summed E-state index contributed by atoms with van der Waals surface area (Å²) in [5.74, 6) is 7.74. The van der Waals surface area contributed by atoms with Crippen LogP contribution in [0.1, 0.15) is 44.9 Å². The quantitative estimate of drug-likeness (QED) is 0.616. The Morgan fingerprint density at radius 1 is 1.38 bits per heavy atom. The molecule has 0 amide bonds. The summed E-state index contributed by atoms with van der Waals surface area (Å²) in [5, 5.41) is 0. The number of hydrazine groups is 1. The first-order valence-electron chi connectivity index (χ1n) is 8.41. The summed E-state index contributed by atoms with van der Waals surface area (Å²) < 4.78 is 2.27. The van der Waals surface area contributed by atoms with Gasteiger partial charge in [-0.15, -0.1) is 0 Å². The predicted molar refractivity (Wildman–Crippen MR) is 84.6 cm³/mol. The molecule has 2 bridgehead atoms. The molecule has 0 saturated carbocycles. The number of hydrogen-bond donors (Lipinski definition) is 2. The van der Waals surface area contributed by atoms with Crippen molar-refractivity contribution >= 4 is 0 Å². The van der Waals surface area contributed by atoms with Crippen molar-refractivity contribution in [3.63, 3.8) is 0 Å². The third-order valence-electron chi connectivity index (χ3n) is 5.59. The van der Waals surface area contributed by atoms with Gasteiger partial charge in [-0.25, -0.2) is 4.98 Å². The molecule has 0 aromatic carbocycles. The van der Waals surface area contributed by atoms with E-state index in [2.05, 4.69) is 40.0 Å². The predicted octanol–water partition coefficient (Wildman–Crippen LogP) is 1.54. The second-order valence-corrected chi connectivity index (χ2v) is 6.80. The number of hydrogen-bond acceptors (Lipinski definition) is 4. The summed E-state index contributed by atoms with van der Waals surface area (Å²) in [6, 6.07) is 1.87. The fourth-order valence-electron chi connectivity index (χ4n) is 4.31. The van der Waals surface area contributed by atoms with Crippen LogP contribution in [0.25, 0.3) is 0 Å². The highest BCUT2D eigenvalue weighted by Gasteiger charge is 2.40. The maximum absolute atomic E-state index is 5.89. The summed E-state index contributed by atoms with van der Waals surface area (Å²) in [4.78, 5) is 7.13.